The summed E-state index contributed by atoms with van der Waals surface area (Å²) >= 11 is 6.30. The molecule has 186 valence electrons. The summed E-state index contributed by atoms with van der Waals surface area (Å²) in [6.07, 6.45) is 0. The molecule has 7 heteroatoms. The Morgan fingerprint density at radius 3 is 2.11 bits per heavy atom. The molecule has 0 fully saturated rings. The van der Waals surface area contributed by atoms with Crippen LogP contribution in [-0.4, -0.2) is 20.9 Å². The van der Waals surface area contributed by atoms with Crippen LogP contribution in [0.15, 0.2) is 71.6 Å². The molecule has 1 amide bonds. The summed E-state index contributed by atoms with van der Waals surface area (Å²) in [6.45, 7) is 11.7. The molecule has 0 aliphatic heterocycles. The van der Waals surface area contributed by atoms with E-state index in [0.717, 1.165) is 21.0 Å². The summed E-state index contributed by atoms with van der Waals surface area (Å²) in [6, 6.07) is 19.3. The molecule has 0 aromatic heterocycles. The first kappa shape index (κ1) is 26.8. The topological polar surface area (TPSA) is 66.5 Å². The smallest absolute Gasteiger partial charge is 0.264 e. The van der Waals surface area contributed by atoms with Gasteiger partial charge in [-0.25, -0.2) is 8.42 Å². The Bertz CT molecular complexity index is 1300. The van der Waals surface area contributed by atoms with Gasteiger partial charge in [0.1, 0.15) is 6.54 Å². The van der Waals surface area contributed by atoms with E-state index in [9.17, 15) is 13.2 Å². The number of carbonyl (C=O) groups excluding carboxylic acids is 1. The Kier molecular flexibility index (Phi) is 7.97. The van der Waals surface area contributed by atoms with Gasteiger partial charge in [0.2, 0.25) is 5.91 Å². The van der Waals surface area contributed by atoms with Crippen molar-refractivity contribution in [1.82, 2.24) is 5.32 Å². The molecule has 0 saturated heterocycles. The summed E-state index contributed by atoms with van der Waals surface area (Å²) in [5, 5.41) is 3.37. The van der Waals surface area contributed by atoms with Gasteiger partial charge in [-0.15, -0.1) is 0 Å². The fourth-order valence-electron chi connectivity index (χ4n) is 3.66. The average Bonchev–Trinajstić information content (AvgIpc) is 2.79. The van der Waals surface area contributed by atoms with Gasteiger partial charge in [0, 0.05) is 5.02 Å². The third-order valence-corrected chi connectivity index (χ3v) is 8.19. The molecule has 5 nitrogen and oxygen atoms in total. The van der Waals surface area contributed by atoms with Crippen molar-refractivity contribution in [2.24, 2.45) is 0 Å². The number of benzene rings is 3. The van der Waals surface area contributed by atoms with Crippen molar-refractivity contribution in [3.8, 4) is 0 Å². The molecule has 1 N–H and O–H groups in total. The molecule has 0 bridgehead atoms. The number of halogens is 1. The molecule has 3 aromatic carbocycles. The van der Waals surface area contributed by atoms with Gasteiger partial charge in [-0.3, -0.25) is 9.10 Å². The lowest BCUT2D eigenvalue weighted by Gasteiger charge is -2.26. The number of rotatable bonds is 7. The Balaban J connectivity index is 1.87. The summed E-state index contributed by atoms with van der Waals surface area (Å²) < 4.78 is 28.2. The third kappa shape index (κ3) is 6.44. The van der Waals surface area contributed by atoms with Crippen molar-refractivity contribution in [1.29, 1.82) is 0 Å². The van der Waals surface area contributed by atoms with Crippen molar-refractivity contribution >= 4 is 33.2 Å². The molecule has 0 aliphatic carbocycles. The Morgan fingerprint density at radius 2 is 1.57 bits per heavy atom. The van der Waals surface area contributed by atoms with Gasteiger partial charge in [-0.1, -0.05) is 80.4 Å². The highest BCUT2D eigenvalue weighted by molar-refractivity contribution is 7.92. The van der Waals surface area contributed by atoms with Crippen molar-refractivity contribution in [3.63, 3.8) is 0 Å². The van der Waals surface area contributed by atoms with Crippen LogP contribution in [0.4, 0.5) is 5.69 Å². The zero-order valence-electron chi connectivity index (χ0n) is 21.1. The van der Waals surface area contributed by atoms with E-state index in [1.54, 1.807) is 42.5 Å². The summed E-state index contributed by atoms with van der Waals surface area (Å²) in [7, 11) is -4.00. The number of hydrogen-bond acceptors (Lipinski definition) is 3. The third-order valence-electron chi connectivity index (χ3n) is 5.99. The van der Waals surface area contributed by atoms with Crippen LogP contribution in [-0.2, 0) is 20.2 Å². The molecular weight excluding hydrogens is 480 g/mol. The minimum absolute atomic E-state index is 0.0329. The number of hydrogen-bond donors (Lipinski definition) is 1. The number of amides is 1. The number of aryl methyl sites for hydroxylation is 2. The number of carbonyl (C=O) groups is 1. The van der Waals surface area contributed by atoms with E-state index < -0.39 is 15.9 Å². The molecule has 0 heterocycles. The highest BCUT2D eigenvalue weighted by Crippen LogP contribution is 2.28. The van der Waals surface area contributed by atoms with Crippen LogP contribution in [0.25, 0.3) is 0 Å². The standard InChI is InChI=1S/C28H33ClN2O3S/c1-19-7-15-25(16-8-19)35(33,34)31(24-14-9-20(2)26(29)17-24)18-27(32)30-21(3)22-10-12-23(13-11-22)28(4,5)6/h7-17,21H,18H2,1-6H3,(H,30,32)/t21-/m0/s1. The maximum atomic E-state index is 13.6. The molecule has 0 saturated carbocycles. The number of sulfonamides is 1. The summed E-state index contributed by atoms with van der Waals surface area (Å²) in [4.78, 5) is 13.2. The van der Waals surface area contributed by atoms with Crippen molar-refractivity contribution in [3.05, 3.63) is 94.0 Å². The van der Waals surface area contributed by atoms with Gasteiger partial charge in [0.15, 0.2) is 0 Å². The monoisotopic (exact) mass is 512 g/mol. The van der Waals surface area contributed by atoms with E-state index in [4.69, 9.17) is 11.6 Å². The molecule has 3 rings (SSSR count). The van der Waals surface area contributed by atoms with Gasteiger partial charge < -0.3 is 5.32 Å². The first-order valence-electron chi connectivity index (χ1n) is 11.5. The van der Waals surface area contributed by atoms with Crippen LogP contribution in [0.1, 0.15) is 56.0 Å². The number of nitrogens with zero attached hydrogens (tertiary/aromatic N) is 1. The molecule has 0 aliphatic rings. The van der Waals surface area contributed by atoms with E-state index in [1.165, 1.54) is 5.56 Å². The Morgan fingerprint density at radius 1 is 0.971 bits per heavy atom. The Labute approximate surface area is 214 Å². The van der Waals surface area contributed by atoms with E-state index >= 15 is 0 Å². The average molecular weight is 513 g/mol. The van der Waals surface area contributed by atoms with Crippen LogP contribution in [0.5, 0.6) is 0 Å². The van der Waals surface area contributed by atoms with E-state index in [2.05, 4.69) is 38.2 Å². The van der Waals surface area contributed by atoms with Gasteiger partial charge in [-0.2, -0.15) is 0 Å². The van der Waals surface area contributed by atoms with Crippen molar-refractivity contribution < 1.29 is 13.2 Å². The predicted octanol–water partition coefficient (Wildman–Crippen LogP) is 6.33. The zero-order valence-corrected chi connectivity index (χ0v) is 22.7. The molecule has 35 heavy (non-hydrogen) atoms. The van der Waals surface area contributed by atoms with Gasteiger partial charge in [-0.05, 0) is 67.1 Å². The number of nitrogens with one attached hydrogen (secondary N) is 1. The molecule has 3 aromatic rings. The second-order valence-electron chi connectivity index (χ2n) is 9.92. The largest absolute Gasteiger partial charge is 0.348 e. The van der Waals surface area contributed by atoms with E-state index in [-0.39, 0.29) is 22.9 Å². The van der Waals surface area contributed by atoms with Crippen LogP contribution in [0, 0.1) is 13.8 Å². The quantitative estimate of drug-likeness (QED) is 0.402. The van der Waals surface area contributed by atoms with Gasteiger partial charge >= 0.3 is 0 Å². The number of anilines is 1. The zero-order chi connectivity index (χ0) is 26.0. The lowest BCUT2D eigenvalue weighted by atomic mass is 9.86. The molecule has 0 spiro atoms. The first-order chi connectivity index (χ1) is 16.3. The maximum absolute atomic E-state index is 13.6. The van der Waals surface area contributed by atoms with Crippen LogP contribution in [0.3, 0.4) is 0 Å². The van der Waals surface area contributed by atoms with Crippen LogP contribution < -0.4 is 9.62 Å². The van der Waals surface area contributed by atoms with Crippen molar-refractivity contribution in [2.45, 2.75) is 57.9 Å². The fourth-order valence-corrected chi connectivity index (χ4v) is 5.25. The summed E-state index contributed by atoms with van der Waals surface area (Å²) in [5.41, 5.74) is 4.27. The highest BCUT2D eigenvalue weighted by atomic mass is 35.5. The minimum Gasteiger partial charge on any atom is -0.348 e. The van der Waals surface area contributed by atoms with Crippen molar-refractivity contribution in [2.75, 3.05) is 10.8 Å². The fraction of sp³-hybridized carbons (Fsp3) is 0.321. The predicted molar refractivity (Wildman–Crippen MR) is 144 cm³/mol. The lowest BCUT2D eigenvalue weighted by molar-refractivity contribution is -0.120. The lowest BCUT2D eigenvalue weighted by Crippen LogP contribution is -2.41. The minimum atomic E-state index is -4.00. The molecular formula is C28H33ClN2O3S. The second kappa shape index (κ2) is 10.4. The van der Waals surface area contributed by atoms with Gasteiger partial charge in [0.25, 0.3) is 10.0 Å². The Hall–Kier alpha value is -2.83. The highest BCUT2D eigenvalue weighted by Gasteiger charge is 2.28. The molecule has 1 atom stereocenters. The van der Waals surface area contributed by atoms with E-state index in [1.807, 2.05) is 32.9 Å². The van der Waals surface area contributed by atoms with Crippen LogP contribution >= 0.6 is 11.6 Å². The maximum Gasteiger partial charge on any atom is 0.264 e. The molecule has 0 unspecified atom stereocenters. The van der Waals surface area contributed by atoms with Gasteiger partial charge in [0.05, 0.1) is 16.6 Å². The van der Waals surface area contributed by atoms with E-state index in [0.29, 0.717) is 10.7 Å². The summed E-state index contributed by atoms with van der Waals surface area (Å²) in [5.74, 6) is -0.412. The van der Waals surface area contributed by atoms with Crippen LogP contribution in [0.2, 0.25) is 5.02 Å². The molecule has 0 radical (unpaired) electrons. The SMILES string of the molecule is Cc1ccc(S(=O)(=O)N(CC(=O)N[C@@H](C)c2ccc(C(C)(C)C)cc2)c2ccc(C)c(Cl)c2)cc1. The first-order valence-corrected chi connectivity index (χ1v) is 13.4. The second-order valence-corrected chi connectivity index (χ2v) is 12.2. The normalized spacial score (nSPS) is 12.8.